The lowest BCUT2D eigenvalue weighted by Gasteiger charge is -2.07. The molecule has 0 spiro atoms. The zero-order chi connectivity index (χ0) is 22.5. The van der Waals surface area contributed by atoms with E-state index >= 15 is 0 Å². The Morgan fingerprint density at radius 3 is 2.41 bits per heavy atom. The summed E-state index contributed by atoms with van der Waals surface area (Å²) in [7, 11) is 0. The van der Waals surface area contributed by atoms with Crippen LogP contribution in [0.15, 0.2) is 59.1 Å². The lowest BCUT2D eigenvalue weighted by Crippen LogP contribution is -2.41. The summed E-state index contributed by atoms with van der Waals surface area (Å²) < 4.78 is 0. The van der Waals surface area contributed by atoms with Crippen LogP contribution in [0.4, 0.5) is 0 Å². The molecule has 3 N–H and O–H groups in total. The van der Waals surface area contributed by atoms with Crippen LogP contribution >= 0.6 is 23.1 Å². The Hall–Kier alpha value is -3.50. The minimum atomic E-state index is -0.501. The van der Waals surface area contributed by atoms with Crippen molar-refractivity contribution in [2.24, 2.45) is 0 Å². The molecule has 10 heteroatoms. The first-order valence-corrected chi connectivity index (χ1v) is 11.6. The smallest absolute Gasteiger partial charge is 0.276 e. The number of carbonyl (C=O) groups is 2. The second-order valence-corrected chi connectivity index (χ2v) is 8.86. The molecule has 3 heterocycles. The molecule has 4 aromatic rings. The van der Waals surface area contributed by atoms with Crippen molar-refractivity contribution in [2.45, 2.75) is 24.8 Å². The Labute approximate surface area is 192 Å². The number of hydrogen-bond donors (Lipinski definition) is 3. The number of aryl methyl sites for hydroxylation is 2. The molecule has 0 aliphatic carbocycles. The maximum absolute atomic E-state index is 12.4. The molecule has 4 rings (SSSR count). The number of hydrazine groups is 1. The summed E-state index contributed by atoms with van der Waals surface area (Å²) in [5.74, 6) is -0.226. The maximum atomic E-state index is 12.4. The number of aromatic nitrogens is 4. The predicted molar refractivity (Wildman–Crippen MR) is 124 cm³/mol. The number of nitrogens with zero attached hydrogens (tertiary/aromatic N) is 3. The molecule has 0 saturated heterocycles. The molecule has 2 amide bonds. The monoisotopic (exact) mass is 464 g/mol. The molecule has 0 unspecified atom stereocenters. The van der Waals surface area contributed by atoms with Crippen LogP contribution in [0, 0.1) is 13.8 Å². The first-order valence-electron chi connectivity index (χ1n) is 9.72. The van der Waals surface area contributed by atoms with E-state index in [1.807, 2.05) is 49.6 Å². The number of aromatic amines is 1. The number of H-pyrrole nitrogens is 1. The maximum Gasteiger partial charge on any atom is 0.290 e. The van der Waals surface area contributed by atoms with Crippen LogP contribution in [-0.2, 0) is 5.75 Å². The van der Waals surface area contributed by atoms with Crippen LogP contribution in [0.2, 0.25) is 0 Å². The van der Waals surface area contributed by atoms with Crippen molar-refractivity contribution in [3.8, 4) is 10.6 Å². The second kappa shape index (κ2) is 9.75. The lowest BCUT2D eigenvalue weighted by molar-refractivity contribution is 0.0844. The van der Waals surface area contributed by atoms with Gasteiger partial charge in [0.15, 0.2) is 10.9 Å². The summed E-state index contributed by atoms with van der Waals surface area (Å²) in [5, 5.41) is 9.49. The van der Waals surface area contributed by atoms with Crippen LogP contribution < -0.4 is 10.9 Å². The van der Waals surface area contributed by atoms with Crippen LogP contribution in [0.3, 0.4) is 0 Å². The van der Waals surface area contributed by atoms with Crippen LogP contribution in [0.25, 0.3) is 10.6 Å². The molecule has 162 valence electrons. The molecule has 0 fully saturated rings. The highest BCUT2D eigenvalue weighted by Crippen LogP contribution is 2.23. The Bertz CT molecular complexity index is 1220. The molecule has 8 nitrogen and oxygen atoms in total. The highest BCUT2D eigenvalue weighted by atomic mass is 32.2. The Morgan fingerprint density at radius 2 is 1.72 bits per heavy atom. The number of amides is 2. The SMILES string of the molecule is Cc1cc(C)nc(SCc2ccc(C(=O)NNC(=O)c3cc(-c4cccs4)[nH]n3)cc2)n1. The minimum Gasteiger partial charge on any atom is -0.276 e. The summed E-state index contributed by atoms with van der Waals surface area (Å²) in [6.07, 6.45) is 0. The predicted octanol–water partition coefficient (Wildman–Crippen LogP) is 3.91. The van der Waals surface area contributed by atoms with E-state index in [-0.39, 0.29) is 5.69 Å². The number of benzene rings is 1. The van der Waals surface area contributed by atoms with E-state index in [9.17, 15) is 9.59 Å². The van der Waals surface area contributed by atoms with Gasteiger partial charge in [-0.05, 0) is 55.1 Å². The van der Waals surface area contributed by atoms with E-state index in [1.54, 1.807) is 18.2 Å². The van der Waals surface area contributed by atoms with Crippen molar-refractivity contribution in [2.75, 3.05) is 0 Å². The van der Waals surface area contributed by atoms with E-state index in [1.165, 1.54) is 23.1 Å². The Balaban J connectivity index is 1.29. The third-order valence-corrected chi connectivity index (χ3v) is 6.25. The van der Waals surface area contributed by atoms with Gasteiger partial charge < -0.3 is 0 Å². The van der Waals surface area contributed by atoms with E-state index < -0.39 is 11.8 Å². The number of nitrogens with one attached hydrogen (secondary N) is 3. The largest absolute Gasteiger partial charge is 0.290 e. The van der Waals surface area contributed by atoms with Crippen molar-refractivity contribution < 1.29 is 9.59 Å². The number of thiophene rings is 1. The number of rotatable bonds is 6. The van der Waals surface area contributed by atoms with Gasteiger partial charge >= 0.3 is 0 Å². The van der Waals surface area contributed by atoms with Gasteiger partial charge in [0, 0.05) is 22.7 Å². The second-order valence-electron chi connectivity index (χ2n) is 6.97. The Morgan fingerprint density at radius 1 is 1.00 bits per heavy atom. The molecule has 0 aliphatic rings. The molecular formula is C22H20N6O2S2. The van der Waals surface area contributed by atoms with Gasteiger partial charge in [0.25, 0.3) is 11.8 Å². The van der Waals surface area contributed by atoms with Crippen molar-refractivity contribution in [1.29, 1.82) is 0 Å². The van der Waals surface area contributed by atoms with E-state index in [2.05, 4.69) is 31.0 Å². The van der Waals surface area contributed by atoms with Crippen LogP contribution in [0.1, 0.15) is 37.8 Å². The van der Waals surface area contributed by atoms with Gasteiger partial charge in [0.1, 0.15) is 0 Å². The molecule has 0 saturated carbocycles. The first kappa shape index (κ1) is 21.7. The van der Waals surface area contributed by atoms with Gasteiger partial charge in [-0.1, -0.05) is 30.0 Å². The van der Waals surface area contributed by atoms with Gasteiger partial charge in [-0.2, -0.15) is 5.10 Å². The fraction of sp³-hybridized carbons (Fsp3) is 0.136. The Kier molecular flexibility index (Phi) is 6.62. The third kappa shape index (κ3) is 5.40. The van der Waals surface area contributed by atoms with Gasteiger partial charge in [0.2, 0.25) is 0 Å². The summed E-state index contributed by atoms with van der Waals surface area (Å²) in [6.45, 7) is 3.89. The molecule has 0 aliphatic heterocycles. The summed E-state index contributed by atoms with van der Waals surface area (Å²) in [6, 6.07) is 14.6. The number of thioether (sulfide) groups is 1. The molecule has 3 aromatic heterocycles. The molecule has 0 bridgehead atoms. The van der Waals surface area contributed by atoms with Crippen molar-refractivity contribution >= 4 is 34.9 Å². The molecular weight excluding hydrogens is 444 g/mol. The topological polar surface area (TPSA) is 113 Å². The average Bonchev–Trinajstić information content (AvgIpc) is 3.47. The van der Waals surface area contributed by atoms with Crippen LogP contribution in [0.5, 0.6) is 0 Å². The van der Waals surface area contributed by atoms with Gasteiger partial charge in [-0.3, -0.25) is 25.5 Å². The van der Waals surface area contributed by atoms with E-state index in [0.717, 1.165) is 32.7 Å². The zero-order valence-corrected chi connectivity index (χ0v) is 19.0. The molecule has 0 atom stereocenters. The van der Waals surface area contributed by atoms with E-state index in [0.29, 0.717) is 11.3 Å². The highest BCUT2D eigenvalue weighted by molar-refractivity contribution is 7.98. The normalized spacial score (nSPS) is 10.7. The fourth-order valence-electron chi connectivity index (χ4n) is 2.90. The van der Waals surface area contributed by atoms with Crippen molar-refractivity contribution in [3.05, 3.63) is 82.1 Å². The molecule has 32 heavy (non-hydrogen) atoms. The summed E-state index contributed by atoms with van der Waals surface area (Å²) >= 11 is 3.08. The standard InChI is InChI=1S/C22H20N6O2S2/c1-13-10-14(2)24-22(23-13)32-12-15-5-7-16(8-6-15)20(29)27-28-21(30)18-11-17(25-26-18)19-4-3-9-31-19/h3-11H,12H2,1-2H3,(H,25,26)(H,27,29)(H,28,30). The minimum absolute atomic E-state index is 0.190. The molecule has 0 radical (unpaired) electrons. The van der Waals surface area contributed by atoms with Gasteiger partial charge in [-0.25, -0.2) is 9.97 Å². The number of hydrogen-bond acceptors (Lipinski definition) is 7. The van der Waals surface area contributed by atoms with Gasteiger partial charge in [0.05, 0.1) is 10.6 Å². The first-order chi connectivity index (χ1) is 15.5. The van der Waals surface area contributed by atoms with Crippen LogP contribution in [-0.4, -0.2) is 32.0 Å². The third-order valence-electron chi connectivity index (χ3n) is 4.43. The number of carbonyl (C=O) groups excluding carboxylic acids is 2. The van der Waals surface area contributed by atoms with Crippen molar-refractivity contribution in [1.82, 2.24) is 31.0 Å². The highest BCUT2D eigenvalue weighted by Gasteiger charge is 2.13. The quantitative estimate of drug-likeness (QED) is 0.227. The summed E-state index contributed by atoms with van der Waals surface area (Å²) in [5.41, 5.74) is 9.09. The van der Waals surface area contributed by atoms with Gasteiger partial charge in [-0.15, -0.1) is 11.3 Å². The van der Waals surface area contributed by atoms with Crippen molar-refractivity contribution in [3.63, 3.8) is 0 Å². The fourth-order valence-corrected chi connectivity index (χ4v) is 4.50. The molecule has 1 aromatic carbocycles. The van der Waals surface area contributed by atoms with E-state index in [4.69, 9.17) is 0 Å². The zero-order valence-electron chi connectivity index (χ0n) is 17.4. The average molecular weight is 465 g/mol. The summed E-state index contributed by atoms with van der Waals surface area (Å²) in [4.78, 5) is 34.4. The lowest BCUT2D eigenvalue weighted by atomic mass is 10.1.